The Hall–Kier alpha value is -1.42. The first kappa shape index (κ1) is 11.1. The number of rotatable bonds is 2. The highest BCUT2D eigenvalue weighted by Gasteiger charge is 2.11. The number of halogens is 2. The highest BCUT2D eigenvalue weighted by molar-refractivity contribution is 6.28. The third-order valence-corrected chi connectivity index (χ3v) is 2.67. The van der Waals surface area contributed by atoms with Crippen LogP contribution in [0.5, 0.6) is 0 Å². The maximum absolute atomic E-state index is 13.4. The molecule has 0 aliphatic carbocycles. The van der Waals surface area contributed by atoms with E-state index >= 15 is 0 Å². The van der Waals surface area contributed by atoms with Gasteiger partial charge in [0.2, 0.25) is 5.28 Å². The lowest BCUT2D eigenvalue weighted by Crippen LogP contribution is -2.01. The molecule has 2 rings (SSSR count). The summed E-state index contributed by atoms with van der Waals surface area (Å²) in [4.78, 5) is 0. The van der Waals surface area contributed by atoms with E-state index in [1.165, 1.54) is 6.07 Å². The second-order valence-corrected chi connectivity index (χ2v) is 3.85. The van der Waals surface area contributed by atoms with Gasteiger partial charge >= 0.3 is 0 Å². The molecule has 16 heavy (non-hydrogen) atoms. The summed E-state index contributed by atoms with van der Waals surface area (Å²) in [7, 11) is 0. The molecule has 2 aromatic rings. The number of aryl methyl sites for hydroxylation is 2. The van der Waals surface area contributed by atoms with Crippen molar-refractivity contribution in [3.8, 4) is 5.69 Å². The summed E-state index contributed by atoms with van der Waals surface area (Å²) < 4.78 is 15.1. The molecule has 1 aromatic heterocycles. The van der Waals surface area contributed by atoms with Crippen molar-refractivity contribution in [2.45, 2.75) is 20.3 Å². The highest BCUT2D eigenvalue weighted by atomic mass is 35.5. The molecule has 0 amide bonds. The number of nitrogens with zero attached hydrogens (tertiary/aromatic N) is 3. The number of hydrogen-bond donors (Lipinski definition) is 0. The van der Waals surface area contributed by atoms with E-state index in [0.29, 0.717) is 23.5 Å². The molecule has 0 saturated carbocycles. The maximum atomic E-state index is 13.4. The molecule has 0 spiro atoms. The molecule has 0 fully saturated rings. The zero-order chi connectivity index (χ0) is 11.7. The smallest absolute Gasteiger partial charge is 0.229 e. The zero-order valence-electron chi connectivity index (χ0n) is 9.04. The molecule has 0 saturated heterocycles. The van der Waals surface area contributed by atoms with Crippen molar-refractivity contribution in [1.29, 1.82) is 0 Å². The van der Waals surface area contributed by atoms with E-state index in [-0.39, 0.29) is 11.1 Å². The van der Waals surface area contributed by atoms with Crippen molar-refractivity contribution in [1.82, 2.24) is 14.8 Å². The molecule has 5 heteroatoms. The van der Waals surface area contributed by atoms with Crippen molar-refractivity contribution in [2.24, 2.45) is 0 Å². The predicted molar refractivity (Wildman–Crippen MR) is 60.4 cm³/mol. The Bertz CT molecular complexity index is 522. The van der Waals surface area contributed by atoms with Crippen molar-refractivity contribution >= 4 is 11.6 Å². The quantitative estimate of drug-likeness (QED) is 0.807. The van der Waals surface area contributed by atoms with Gasteiger partial charge in [0.05, 0.1) is 5.69 Å². The lowest BCUT2D eigenvalue weighted by atomic mass is 10.2. The molecule has 0 aliphatic rings. The van der Waals surface area contributed by atoms with Crippen LogP contribution in [-0.2, 0) is 6.42 Å². The third kappa shape index (κ3) is 1.80. The Labute approximate surface area is 97.9 Å². The fraction of sp³-hybridized carbons (Fsp3) is 0.273. The summed E-state index contributed by atoms with van der Waals surface area (Å²) in [6, 6.07) is 4.94. The maximum Gasteiger partial charge on any atom is 0.229 e. The molecule has 1 heterocycles. The van der Waals surface area contributed by atoms with Gasteiger partial charge in [-0.3, -0.25) is 4.57 Å². The van der Waals surface area contributed by atoms with Crippen LogP contribution in [0.15, 0.2) is 18.2 Å². The molecule has 84 valence electrons. The van der Waals surface area contributed by atoms with Gasteiger partial charge < -0.3 is 0 Å². The Morgan fingerprint density at radius 3 is 2.75 bits per heavy atom. The van der Waals surface area contributed by atoms with Gasteiger partial charge in [0.15, 0.2) is 0 Å². The van der Waals surface area contributed by atoms with Gasteiger partial charge in [-0.1, -0.05) is 13.0 Å². The molecular weight excluding hydrogens is 229 g/mol. The predicted octanol–water partition coefficient (Wildman–Crippen LogP) is 2.93. The van der Waals surface area contributed by atoms with Crippen LogP contribution in [0.3, 0.4) is 0 Å². The van der Waals surface area contributed by atoms with Gasteiger partial charge in [-0.05, 0) is 36.2 Å². The zero-order valence-corrected chi connectivity index (χ0v) is 9.79. The van der Waals surface area contributed by atoms with E-state index in [9.17, 15) is 4.39 Å². The first-order chi connectivity index (χ1) is 7.63. The van der Waals surface area contributed by atoms with E-state index in [1.807, 2.05) is 6.92 Å². The highest BCUT2D eigenvalue weighted by Crippen LogP contribution is 2.19. The van der Waals surface area contributed by atoms with Gasteiger partial charge in [0, 0.05) is 6.42 Å². The van der Waals surface area contributed by atoms with E-state index < -0.39 is 0 Å². The average molecular weight is 240 g/mol. The van der Waals surface area contributed by atoms with E-state index in [1.54, 1.807) is 23.6 Å². The van der Waals surface area contributed by atoms with E-state index in [2.05, 4.69) is 10.2 Å². The topological polar surface area (TPSA) is 30.7 Å². The summed E-state index contributed by atoms with van der Waals surface area (Å²) in [6.45, 7) is 3.66. The van der Waals surface area contributed by atoms with E-state index in [0.717, 1.165) is 0 Å². The lowest BCUT2D eigenvalue weighted by molar-refractivity contribution is 0.617. The summed E-state index contributed by atoms with van der Waals surface area (Å²) in [5.41, 5.74) is 1.25. The van der Waals surface area contributed by atoms with Gasteiger partial charge in [0.1, 0.15) is 11.6 Å². The molecule has 0 atom stereocenters. The third-order valence-electron chi connectivity index (χ3n) is 2.42. The average Bonchev–Trinajstić information content (AvgIpc) is 2.64. The van der Waals surface area contributed by atoms with Gasteiger partial charge in [-0.25, -0.2) is 4.39 Å². The van der Waals surface area contributed by atoms with Crippen LogP contribution in [-0.4, -0.2) is 14.8 Å². The van der Waals surface area contributed by atoms with Gasteiger partial charge in [-0.2, -0.15) is 0 Å². The van der Waals surface area contributed by atoms with Crippen LogP contribution in [0, 0.1) is 12.7 Å². The summed E-state index contributed by atoms with van der Waals surface area (Å²) in [5, 5.41) is 7.94. The Morgan fingerprint density at radius 1 is 1.38 bits per heavy atom. The molecule has 1 aromatic carbocycles. The lowest BCUT2D eigenvalue weighted by Gasteiger charge is -2.07. The molecule has 0 aliphatic heterocycles. The van der Waals surface area contributed by atoms with Crippen LogP contribution >= 0.6 is 11.6 Å². The normalized spacial score (nSPS) is 10.8. The first-order valence-electron chi connectivity index (χ1n) is 4.99. The van der Waals surface area contributed by atoms with Crippen LogP contribution < -0.4 is 0 Å². The number of hydrogen-bond acceptors (Lipinski definition) is 2. The fourth-order valence-electron chi connectivity index (χ4n) is 1.50. The molecular formula is C11H11ClFN3. The second kappa shape index (κ2) is 4.22. The minimum absolute atomic E-state index is 0.250. The molecule has 0 unspecified atom stereocenters. The second-order valence-electron chi connectivity index (χ2n) is 3.51. The Morgan fingerprint density at radius 2 is 2.12 bits per heavy atom. The largest absolute Gasteiger partial charge is 0.270 e. The fourth-order valence-corrected chi connectivity index (χ4v) is 1.73. The van der Waals surface area contributed by atoms with Gasteiger partial charge in [-0.15, -0.1) is 10.2 Å². The summed E-state index contributed by atoms with van der Waals surface area (Å²) in [5.74, 6) is 0.456. The van der Waals surface area contributed by atoms with Crippen molar-refractivity contribution in [3.63, 3.8) is 0 Å². The van der Waals surface area contributed by atoms with Crippen molar-refractivity contribution < 1.29 is 4.39 Å². The minimum atomic E-state index is -0.260. The Balaban J connectivity index is 2.57. The molecule has 3 nitrogen and oxygen atoms in total. The van der Waals surface area contributed by atoms with E-state index in [4.69, 9.17) is 11.6 Å². The summed E-state index contributed by atoms with van der Waals surface area (Å²) >= 11 is 5.92. The molecule has 0 radical (unpaired) electrons. The minimum Gasteiger partial charge on any atom is -0.270 e. The van der Waals surface area contributed by atoms with Crippen LogP contribution in [0.2, 0.25) is 5.28 Å². The first-order valence-corrected chi connectivity index (χ1v) is 5.37. The van der Waals surface area contributed by atoms with Crippen LogP contribution in [0.4, 0.5) is 4.39 Å². The summed E-state index contributed by atoms with van der Waals surface area (Å²) in [6.07, 6.45) is 0.690. The Kier molecular flexibility index (Phi) is 2.92. The van der Waals surface area contributed by atoms with Crippen LogP contribution in [0.1, 0.15) is 18.3 Å². The van der Waals surface area contributed by atoms with Crippen LogP contribution in [0.25, 0.3) is 5.69 Å². The number of aromatic nitrogens is 3. The SMILES string of the molecule is CCc1nnc(Cl)n1-c1ccc(C)c(F)c1. The monoisotopic (exact) mass is 239 g/mol. The standard InChI is InChI=1S/C11H11ClFN3/c1-3-10-14-15-11(12)16(10)8-5-4-7(2)9(13)6-8/h4-6H,3H2,1-2H3. The number of benzene rings is 1. The molecule has 0 N–H and O–H groups in total. The van der Waals surface area contributed by atoms with Crippen molar-refractivity contribution in [2.75, 3.05) is 0 Å². The van der Waals surface area contributed by atoms with Gasteiger partial charge in [0.25, 0.3) is 0 Å². The molecule has 0 bridgehead atoms. The van der Waals surface area contributed by atoms with Crippen molar-refractivity contribution in [3.05, 3.63) is 40.7 Å².